The summed E-state index contributed by atoms with van der Waals surface area (Å²) in [7, 11) is 0. The van der Waals surface area contributed by atoms with Gasteiger partial charge in [0.25, 0.3) is 0 Å². The van der Waals surface area contributed by atoms with Crippen LogP contribution < -0.4 is 10.6 Å². The maximum absolute atomic E-state index is 12.3. The second-order valence-electron chi connectivity index (χ2n) is 5.99. The molecule has 2 saturated heterocycles. The molecule has 2 fully saturated rings. The molecule has 2 N–H and O–H groups in total. The predicted octanol–water partition coefficient (Wildman–Crippen LogP) is 1.71. The van der Waals surface area contributed by atoms with Crippen molar-refractivity contribution in [1.82, 2.24) is 15.5 Å². The van der Waals surface area contributed by atoms with Crippen molar-refractivity contribution in [3.8, 4) is 0 Å². The third-order valence-corrected chi connectivity index (χ3v) is 4.78. The lowest BCUT2D eigenvalue weighted by Crippen LogP contribution is -2.41. The van der Waals surface area contributed by atoms with Crippen LogP contribution >= 0.6 is 23.2 Å². The van der Waals surface area contributed by atoms with Gasteiger partial charge in [0.1, 0.15) is 6.04 Å². The Morgan fingerprint density at radius 2 is 2.12 bits per heavy atom. The van der Waals surface area contributed by atoms with Crippen LogP contribution in [0.15, 0.2) is 30.0 Å². The molecule has 0 unspecified atom stereocenters. The number of amides is 2. The number of carbonyl (C=O) groups is 2. The zero-order valence-corrected chi connectivity index (χ0v) is 15.1. The standard InChI is InChI=1S/C17H19Cl2N3O3/c18-13-2-1-11(14(19)8-13)9-20-17(24)15-7-12(16(23)21-15)10-22-3-5-25-6-4-22/h1-2,8,10,15H,3-7,9H2,(H,20,24)(H,21,23)/b12-10+/t15-/m0/s1. The lowest BCUT2D eigenvalue weighted by Gasteiger charge is -2.25. The number of morpholine rings is 1. The van der Waals surface area contributed by atoms with Gasteiger partial charge in [0.2, 0.25) is 11.8 Å². The van der Waals surface area contributed by atoms with E-state index in [2.05, 4.69) is 10.6 Å². The van der Waals surface area contributed by atoms with E-state index in [-0.39, 0.29) is 18.4 Å². The minimum Gasteiger partial charge on any atom is -0.378 e. The molecule has 2 aliphatic rings. The number of halogens is 2. The summed E-state index contributed by atoms with van der Waals surface area (Å²) in [6.07, 6.45) is 2.21. The van der Waals surface area contributed by atoms with Crippen LogP contribution in [0.5, 0.6) is 0 Å². The van der Waals surface area contributed by atoms with Crippen LogP contribution in [0.25, 0.3) is 0 Å². The second kappa shape index (κ2) is 8.08. The number of carbonyl (C=O) groups excluding carboxylic acids is 2. The van der Waals surface area contributed by atoms with Gasteiger partial charge in [-0.15, -0.1) is 0 Å². The molecule has 2 heterocycles. The Morgan fingerprint density at radius 3 is 2.84 bits per heavy atom. The van der Waals surface area contributed by atoms with Crippen molar-refractivity contribution >= 4 is 35.0 Å². The van der Waals surface area contributed by atoms with Crippen LogP contribution in [0.4, 0.5) is 0 Å². The molecule has 6 nitrogen and oxygen atoms in total. The number of nitrogens with one attached hydrogen (secondary N) is 2. The fourth-order valence-corrected chi connectivity index (χ4v) is 3.26. The van der Waals surface area contributed by atoms with Crippen LogP contribution in [-0.4, -0.2) is 49.1 Å². The maximum Gasteiger partial charge on any atom is 0.249 e. The molecule has 8 heteroatoms. The van der Waals surface area contributed by atoms with Crippen LogP contribution in [0, 0.1) is 0 Å². The van der Waals surface area contributed by atoms with Gasteiger partial charge in [0.05, 0.1) is 13.2 Å². The first-order chi connectivity index (χ1) is 12.0. The summed E-state index contributed by atoms with van der Waals surface area (Å²) >= 11 is 12.0. The van der Waals surface area contributed by atoms with Crippen molar-refractivity contribution in [3.05, 3.63) is 45.6 Å². The van der Waals surface area contributed by atoms with E-state index < -0.39 is 6.04 Å². The zero-order valence-electron chi connectivity index (χ0n) is 13.6. The Bertz CT molecular complexity index is 702. The Hall–Kier alpha value is -1.76. The molecule has 1 aromatic carbocycles. The summed E-state index contributed by atoms with van der Waals surface area (Å²) in [4.78, 5) is 26.4. The van der Waals surface area contributed by atoms with Crippen molar-refractivity contribution < 1.29 is 14.3 Å². The SMILES string of the molecule is O=C1N[C@H](C(=O)NCc2ccc(Cl)cc2Cl)C/C1=C\N1CCOCC1. The largest absolute Gasteiger partial charge is 0.378 e. The molecule has 2 aliphatic heterocycles. The van der Waals surface area contributed by atoms with Gasteiger partial charge in [0, 0.05) is 47.9 Å². The highest BCUT2D eigenvalue weighted by molar-refractivity contribution is 6.35. The van der Waals surface area contributed by atoms with Crippen molar-refractivity contribution in [2.45, 2.75) is 19.0 Å². The van der Waals surface area contributed by atoms with E-state index in [1.807, 2.05) is 11.1 Å². The molecular weight excluding hydrogens is 365 g/mol. The molecule has 0 saturated carbocycles. The summed E-state index contributed by atoms with van der Waals surface area (Å²) in [6.45, 7) is 3.09. The topological polar surface area (TPSA) is 70.7 Å². The normalized spacial score (nSPS) is 22.2. The van der Waals surface area contributed by atoms with Gasteiger partial charge in [0.15, 0.2) is 0 Å². The van der Waals surface area contributed by atoms with Crippen molar-refractivity contribution in [2.75, 3.05) is 26.3 Å². The number of benzene rings is 1. The van der Waals surface area contributed by atoms with Crippen LogP contribution in [0.3, 0.4) is 0 Å². The Labute approximate surface area is 156 Å². The lowest BCUT2D eigenvalue weighted by molar-refractivity contribution is -0.125. The third-order valence-electron chi connectivity index (χ3n) is 4.19. The highest BCUT2D eigenvalue weighted by Crippen LogP contribution is 2.21. The number of ether oxygens (including phenoxy) is 1. The Morgan fingerprint density at radius 1 is 1.36 bits per heavy atom. The summed E-state index contributed by atoms with van der Waals surface area (Å²) in [6, 6.07) is 4.55. The third kappa shape index (κ3) is 4.66. The fraction of sp³-hybridized carbons (Fsp3) is 0.412. The van der Waals surface area contributed by atoms with E-state index in [1.165, 1.54) is 0 Å². The van der Waals surface area contributed by atoms with E-state index in [0.29, 0.717) is 35.3 Å². The molecule has 2 amide bonds. The molecule has 0 spiro atoms. The molecule has 1 aromatic rings. The number of nitrogens with zero attached hydrogens (tertiary/aromatic N) is 1. The Balaban J connectivity index is 1.56. The van der Waals surface area contributed by atoms with Crippen LogP contribution in [0.1, 0.15) is 12.0 Å². The molecule has 0 bridgehead atoms. The molecule has 0 aromatic heterocycles. The molecule has 1 atom stereocenters. The minimum atomic E-state index is -0.564. The van der Waals surface area contributed by atoms with Gasteiger partial charge in [-0.05, 0) is 17.7 Å². The number of hydrogen-bond donors (Lipinski definition) is 2. The van der Waals surface area contributed by atoms with Crippen molar-refractivity contribution in [1.29, 1.82) is 0 Å². The quantitative estimate of drug-likeness (QED) is 0.776. The zero-order chi connectivity index (χ0) is 17.8. The van der Waals surface area contributed by atoms with E-state index in [4.69, 9.17) is 27.9 Å². The highest BCUT2D eigenvalue weighted by Gasteiger charge is 2.32. The smallest absolute Gasteiger partial charge is 0.249 e. The van der Waals surface area contributed by atoms with Crippen LogP contribution in [0.2, 0.25) is 10.0 Å². The average Bonchev–Trinajstić information content (AvgIpc) is 2.95. The molecular formula is C17H19Cl2N3O3. The van der Waals surface area contributed by atoms with Gasteiger partial charge < -0.3 is 20.3 Å². The maximum atomic E-state index is 12.3. The molecule has 3 rings (SSSR count). The number of rotatable bonds is 4. The second-order valence-corrected chi connectivity index (χ2v) is 6.83. The van der Waals surface area contributed by atoms with Crippen molar-refractivity contribution in [3.63, 3.8) is 0 Å². The number of hydrogen-bond acceptors (Lipinski definition) is 4. The Kier molecular flexibility index (Phi) is 5.83. The van der Waals surface area contributed by atoms with E-state index in [9.17, 15) is 9.59 Å². The lowest BCUT2D eigenvalue weighted by atomic mass is 10.1. The predicted molar refractivity (Wildman–Crippen MR) is 95.3 cm³/mol. The molecule has 134 valence electrons. The summed E-state index contributed by atoms with van der Waals surface area (Å²) < 4.78 is 5.29. The van der Waals surface area contributed by atoms with Gasteiger partial charge in [-0.3, -0.25) is 9.59 Å². The molecule has 0 aliphatic carbocycles. The van der Waals surface area contributed by atoms with Crippen LogP contribution in [-0.2, 0) is 20.9 Å². The summed E-state index contributed by atoms with van der Waals surface area (Å²) in [5.41, 5.74) is 1.39. The molecule has 0 radical (unpaired) electrons. The van der Waals surface area contributed by atoms with Gasteiger partial charge in [-0.25, -0.2) is 0 Å². The first-order valence-corrected chi connectivity index (χ1v) is 8.83. The molecule has 25 heavy (non-hydrogen) atoms. The van der Waals surface area contributed by atoms with Gasteiger partial charge in [-0.2, -0.15) is 0 Å². The first-order valence-electron chi connectivity index (χ1n) is 8.08. The van der Waals surface area contributed by atoms with Gasteiger partial charge >= 0.3 is 0 Å². The van der Waals surface area contributed by atoms with Gasteiger partial charge in [-0.1, -0.05) is 29.3 Å². The average molecular weight is 384 g/mol. The monoisotopic (exact) mass is 383 g/mol. The van der Waals surface area contributed by atoms with Crippen molar-refractivity contribution in [2.24, 2.45) is 0 Å². The highest BCUT2D eigenvalue weighted by atomic mass is 35.5. The minimum absolute atomic E-state index is 0.198. The fourth-order valence-electron chi connectivity index (χ4n) is 2.78. The van der Waals surface area contributed by atoms with E-state index in [0.717, 1.165) is 18.7 Å². The van der Waals surface area contributed by atoms with E-state index >= 15 is 0 Å². The summed E-state index contributed by atoms with van der Waals surface area (Å²) in [5, 5.41) is 6.57. The summed E-state index contributed by atoms with van der Waals surface area (Å²) in [5.74, 6) is -0.430. The first kappa shape index (κ1) is 18.0. The van der Waals surface area contributed by atoms with E-state index in [1.54, 1.807) is 18.2 Å².